The van der Waals surface area contributed by atoms with Crippen LogP contribution in [0.2, 0.25) is 0 Å². The van der Waals surface area contributed by atoms with Gasteiger partial charge in [-0.05, 0) is 29.7 Å². The van der Waals surface area contributed by atoms with E-state index in [1.54, 1.807) is 30.3 Å². The molecule has 0 radical (unpaired) electrons. The lowest BCUT2D eigenvalue weighted by Crippen LogP contribution is -2.38. The van der Waals surface area contributed by atoms with Crippen LogP contribution in [-0.4, -0.2) is 25.8 Å². The van der Waals surface area contributed by atoms with Gasteiger partial charge in [0.2, 0.25) is 5.91 Å². The molecule has 4 rings (SSSR count). The number of hydrogen-bond acceptors (Lipinski definition) is 5. The number of carbonyl (C=O) groups is 1. The summed E-state index contributed by atoms with van der Waals surface area (Å²) < 4.78 is 27.9. The lowest BCUT2D eigenvalue weighted by atomic mass is 10.1. The molecule has 0 spiro atoms. The predicted molar refractivity (Wildman–Crippen MR) is 127 cm³/mol. The number of nitro benzene ring substituents is 1. The molecule has 0 atom stereocenters. The Labute approximate surface area is 190 Å². The highest BCUT2D eigenvalue weighted by molar-refractivity contribution is 7.93. The van der Waals surface area contributed by atoms with Gasteiger partial charge in [0, 0.05) is 17.1 Å². The maximum atomic E-state index is 13.5. The summed E-state index contributed by atoms with van der Waals surface area (Å²) in [5.41, 5.74) is 0.186. The predicted octanol–water partition coefficient (Wildman–Crippen LogP) is 4.58. The number of para-hydroxylation sites is 2. The third kappa shape index (κ3) is 4.53. The number of rotatable bonds is 7. The Morgan fingerprint density at radius 1 is 0.848 bits per heavy atom. The van der Waals surface area contributed by atoms with Crippen molar-refractivity contribution < 1.29 is 18.1 Å². The molecule has 4 aromatic carbocycles. The van der Waals surface area contributed by atoms with E-state index < -0.39 is 38.0 Å². The van der Waals surface area contributed by atoms with E-state index in [1.165, 1.54) is 24.3 Å². The Kier molecular flexibility index (Phi) is 6.05. The highest BCUT2D eigenvalue weighted by Crippen LogP contribution is 2.30. The zero-order valence-corrected chi connectivity index (χ0v) is 18.1. The first-order valence-corrected chi connectivity index (χ1v) is 11.4. The molecule has 0 heterocycles. The van der Waals surface area contributed by atoms with Crippen molar-refractivity contribution >= 4 is 43.8 Å². The van der Waals surface area contributed by atoms with Gasteiger partial charge < -0.3 is 5.32 Å². The van der Waals surface area contributed by atoms with Crippen LogP contribution in [0.3, 0.4) is 0 Å². The number of benzene rings is 4. The molecule has 0 aliphatic carbocycles. The Bertz CT molecular complexity index is 1430. The van der Waals surface area contributed by atoms with E-state index in [0.29, 0.717) is 5.69 Å². The summed E-state index contributed by atoms with van der Waals surface area (Å²) in [6.07, 6.45) is 0. The van der Waals surface area contributed by atoms with Gasteiger partial charge in [-0.15, -0.1) is 0 Å². The number of amides is 1. The Morgan fingerprint density at radius 2 is 1.48 bits per heavy atom. The molecule has 0 saturated heterocycles. The van der Waals surface area contributed by atoms with Crippen LogP contribution in [0, 0.1) is 10.1 Å². The molecule has 0 fully saturated rings. The number of nitro groups is 1. The van der Waals surface area contributed by atoms with Crippen molar-refractivity contribution in [3.63, 3.8) is 0 Å². The van der Waals surface area contributed by atoms with Gasteiger partial charge in [-0.25, -0.2) is 8.42 Å². The summed E-state index contributed by atoms with van der Waals surface area (Å²) in [6, 6.07) is 26.0. The first-order valence-electron chi connectivity index (χ1n) is 9.97. The van der Waals surface area contributed by atoms with E-state index in [-0.39, 0.29) is 5.69 Å². The summed E-state index contributed by atoms with van der Waals surface area (Å²) in [6.45, 7) is -0.568. The summed E-state index contributed by atoms with van der Waals surface area (Å²) in [7, 11) is -4.43. The molecule has 0 aliphatic rings. The molecule has 166 valence electrons. The van der Waals surface area contributed by atoms with Crippen molar-refractivity contribution in [1.82, 2.24) is 0 Å². The van der Waals surface area contributed by atoms with Crippen LogP contribution in [0.25, 0.3) is 10.8 Å². The van der Waals surface area contributed by atoms with Crippen molar-refractivity contribution in [2.24, 2.45) is 0 Å². The van der Waals surface area contributed by atoms with Crippen LogP contribution < -0.4 is 9.62 Å². The molecule has 0 unspecified atom stereocenters. The molecule has 33 heavy (non-hydrogen) atoms. The largest absolute Gasteiger partial charge is 0.324 e. The van der Waals surface area contributed by atoms with Crippen LogP contribution in [0.5, 0.6) is 0 Å². The average Bonchev–Trinajstić information content (AvgIpc) is 2.83. The molecular formula is C24H19N3O5S. The van der Waals surface area contributed by atoms with E-state index in [9.17, 15) is 23.3 Å². The zero-order valence-electron chi connectivity index (χ0n) is 17.3. The Balaban J connectivity index is 1.72. The molecule has 0 saturated carbocycles. The third-order valence-corrected chi connectivity index (χ3v) is 6.85. The summed E-state index contributed by atoms with van der Waals surface area (Å²) >= 11 is 0. The first-order chi connectivity index (χ1) is 15.9. The van der Waals surface area contributed by atoms with Crippen LogP contribution in [-0.2, 0) is 14.8 Å². The number of carbonyl (C=O) groups excluding carboxylic acids is 1. The van der Waals surface area contributed by atoms with Crippen molar-refractivity contribution in [2.45, 2.75) is 4.90 Å². The van der Waals surface area contributed by atoms with E-state index in [2.05, 4.69) is 5.32 Å². The monoisotopic (exact) mass is 461 g/mol. The van der Waals surface area contributed by atoms with Crippen molar-refractivity contribution in [3.8, 4) is 0 Å². The Morgan fingerprint density at radius 3 is 2.24 bits per heavy atom. The number of fused-ring (bicyclic) bond motifs is 1. The standard InChI is InChI=1S/C24H19N3O5S/c28-24(25-21-14-8-10-18-9-4-5-13-20(18)21)17-26(19-11-2-1-3-12-19)33(31,32)23-16-7-6-15-22(23)27(29)30/h1-16H,17H2,(H,25,28). The maximum Gasteiger partial charge on any atom is 0.289 e. The number of anilines is 2. The molecule has 1 amide bonds. The van der Waals surface area contributed by atoms with E-state index in [4.69, 9.17) is 0 Å². The smallest absolute Gasteiger partial charge is 0.289 e. The van der Waals surface area contributed by atoms with Gasteiger partial charge in [0.1, 0.15) is 6.54 Å². The van der Waals surface area contributed by atoms with Crippen LogP contribution in [0.15, 0.2) is 102 Å². The SMILES string of the molecule is O=C(CN(c1ccccc1)S(=O)(=O)c1ccccc1[N+](=O)[O-])Nc1cccc2ccccc12. The van der Waals surface area contributed by atoms with Crippen LogP contribution in [0.1, 0.15) is 0 Å². The van der Waals surface area contributed by atoms with Crippen LogP contribution in [0.4, 0.5) is 17.1 Å². The van der Waals surface area contributed by atoms with E-state index in [0.717, 1.165) is 27.2 Å². The van der Waals surface area contributed by atoms with Gasteiger partial charge in [0.05, 0.1) is 10.6 Å². The van der Waals surface area contributed by atoms with Gasteiger partial charge >= 0.3 is 0 Å². The number of sulfonamides is 1. The fourth-order valence-corrected chi connectivity index (χ4v) is 5.09. The first kappa shape index (κ1) is 22.0. The topological polar surface area (TPSA) is 110 Å². The molecular weight excluding hydrogens is 442 g/mol. The minimum absolute atomic E-state index is 0.212. The summed E-state index contributed by atoms with van der Waals surface area (Å²) in [5.74, 6) is -0.586. The Hall–Kier alpha value is -4.24. The van der Waals surface area contributed by atoms with Crippen molar-refractivity contribution in [2.75, 3.05) is 16.2 Å². The van der Waals surface area contributed by atoms with E-state index in [1.807, 2.05) is 30.3 Å². The van der Waals surface area contributed by atoms with Crippen LogP contribution >= 0.6 is 0 Å². The van der Waals surface area contributed by atoms with Gasteiger partial charge in [-0.3, -0.25) is 19.2 Å². The molecule has 4 aromatic rings. The normalized spacial score (nSPS) is 11.2. The fourth-order valence-electron chi connectivity index (χ4n) is 3.51. The maximum absolute atomic E-state index is 13.5. The minimum atomic E-state index is -4.43. The van der Waals surface area contributed by atoms with E-state index >= 15 is 0 Å². The molecule has 8 nitrogen and oxygen atoms in total. The second-order valence-corrected chi connectivity index (χ2v) is 8.98. The quantitative estimate of drug-likeness (QED) is 0.320. The van der Waals surface area contributed by atoms with Gasteiger partial charge in [-0.2, -0.15) is 0 Å². The highest BCUT2D eigenvalue weighted by atomic mass is 32.2. The number of nitrogens with one attached hydrogen (secondary N) is 1. The van der Waals surface area contributed by atoms with Crippen molar-refractivity contribution in [1.29, 1.82) is 0 Å². The lowest BCUT2D eigenvalue weighted by molar-refractivity contribution is -0.387. The van der Waals surface area contributed by atoms with Crippen molar-refractivity contribution in [3.05, 3.63) is 107 Å². The van der Waals surface area contributed by atoms with Gasteiger partial charge in [0.15, 0.2) is 4.90 Å². The lowest BCUT2D eigenvalue weighted by Gasteiger charge is -2.24. The second kappa shape index (κ2) is 9.09. The second-order valence-electron chi connectivity index (χ2n) is 7.15. The molecule has 0 bridgehead atoms. The molecule has 0 aromatic heterocycles. The minimum Gasteiger partial charge on any atom is -0.324 e. The molecule has 1 N–H and O–H groups in total. The molecule has 9 heteroatoms. The fraction of sp³-hybridized carbons (Fsp3) is 0.0417. The highest BCUT2D eigenvalue weighted by Gasteiger charge is 2.33. The summed E-state index contributed by atoms with van der Waals surface area (Å²) in [5, 5.41) is 16.0. The third-order valence-electron chi connectivity index (χ3n) is 5.03. The average molecular weight is 461 g/mol. The number of nitrogens with zero attached hydrogens (tertiary/aromatic N) is 2. The van der Waals surface area contributed by atoms with Gasteiger partial charge in [0.25, 0.3) is 15.7 Å². The van der Waals surface area contributed by atoms with Gasteiger partial charge in [-0.1, -0.05) is 66.7 Å². The number of hydrogen-bond donors (Lipinski definition) is 1. The zero-order chi connectivity index (χ0) is 23.4. The molecule has 0 aliphatic heterocycles. The summed E-state index contributed by atoms with van der Waals surface area (Å²) in [4.78, 5) is 23.2.